The van der Waals surface area contributed by atoms with E-state index in [1.807, 2.05) is 0 Å². The van der Waals surface area contributed by atoms with Gasteiger partial charge in [0.15, 0.2) is 0 Å². The molecule has 0 bridgehead atoms. The topological polar surface area (TPSA) is 34.9 Å². The van der Waals surface area contributed by atoms with Gasteiger partial charge in [-0.05, 0) is 5.92 Å². The van der Waals surface area contributed by atoms with Crippen molar-refractivity contribution in [3.63, 3.8) is 0 Å². The Morgan fingerprint density at radius 2 is 2.42 bits per heavy atom. The van der Waals surface area contributed by atoms with Gasteiger partial charge in [0.1, 0.15) is 6.33 Å². The molecule has 3 heteroatoms. The van der Waals surface area contributed by atoms with Crippen molar-refractivity contribution in [2.24, 2.45) is 5.92 Å². The lowest BCUT2D eigenvalue weighted by Gasteiger charge is -2.06. The minimum atomic E-state index is 0.127. The van der Waals surface area contributed by atoms with Crippen LogP contribution in [-0.4, -0.2) is 15.5 Å². The molecule has 0 radical (unpaired) electrons. The van der Waals surface area contributed by atoms with Crippen molar-refractivity contribution in [2.45, 2.75) is 26.7 Å². The van der Waals surface area contributed by atoms with Crippen molar-refractivity contribution >= 4 is 5.91 Å². The molecule has 0 aromatic carbocycles. The third-order valence-electron chi connectivity index (χ3n) is 2.01. The van der Waals surface area contributed by atoms with E-state index in [0.717, 1.165) is 6.42 Å². The van der Waals surface area contributed by atoms with Crippen molar-refractivity contribution in [3.05, 3.63) is 18.7 Å². The van der Waals surface area contributed by atoms with Gasteiger partial charge in [-0.25, -0.2) is 4.98 Å². The van der Waals surface area contributed by atoms with Crippen LogP contribution in [0.3, 0.4) is 0 Å². The Kier molecular flexibility index (Phi) is 3.02. The molecule has 1 atom stereocenters. The summed E-state index contributed by atoms with van der Waals surface area (Å²) in [5.74, 6) is 0.585. The Balaban J connectivity index is 2.50. The first-order valence-corrected chi connectivity index (χ1v) is 4.25. The van der Waals surface area contributed by atoms with E-state index in [1.165, 1.54) is 4.57 Å². The van der Waals surface area contributed by atoms with Gasteiger partial charge < -0.3 is 0 Å². The minimum Gasteiger partial charge on any atom is -0.276 e. The Hall–Kier alpha value is -1.12. The van der Waals surface area contributed by atoms with E-state index in [9.17, 15) is 4.79 Å². The molecule has 0 saturated heterocycles. The molecule has 3 nitrogen and oxygen atoms in total. The zero-order valence-corrected chi connectivity index (χ0v) is 7.53. The molecule has 0 fully saturated rings. The molecule has 0 aliphatic heterocycles. The molecule has 0 spiro atoms. The monoisotopic (exact) mass is 166 g/mol. The summed E-state index contributed by atoms with van der Waals surface area (Å²) in [6.45, 7) is 4.17. The van der Waals surface area contributed by atoms with Crippen molar-refractivity contribution in [3.8, 4) is 0 Å². The Labute approximate surface area is 72.4 Å². The average Bonchev–Trinajstić information content (AvgIpc) is 2.56. The molecule has 0 aliphatic carbocycles. The van der Waals surface area contributed by atoms with E-state index in [0.29, 0.717) is 12.3 Å². The number of carbonyl (C=O) groups excluding carboxylic acids is 1. The van der Waals surface area contributed by atoms with E-state index in [1.54, 1.807) is 18.7 Å². The lowest BCUT2D eigenvalue weighted by molar-refractivity contribution is 0.0882. The number of hydrogen-bond acceptors (Lipinski definition) is 2. The van der Waals surface area contributed by atoms with Gasteiger partial charge in [-0.1, -0.05) is 20.3 Å². The van der Waals surface area contributed by atoms with Crippen molar-refractivity contribution in [1.29, 1.82) is 0 Å². The quantitative estimate of drug-likeness (QED) is 0.688. The molecule has 12 heavy (non-hydrogen) atoms. The van der Waals surface area contributed by atoms with Gasteiger partial charge in [0.05, 0.1) is 0 Å². The van der Waals surface area contributed by atoms with Gasteiger partial charge in [-0.15, -0.1) is 0 Å². The maximum atomic E-state index is 11.4. The smallest absolute Gasteiger partial charge is 0.232 e. The normalized spacial score (nSPS) is 12.8. The molecular formula is C9H14N2O. The second-order valence-electron chi connectivity index (χ2n) is 3.08. The summed E-state index contributed by atoms with van der Waals surface area (Å²) in [4.78, 5) is 15.2. The van der Waals surface area contributed by atoms with Crippen LogP contribution in [0.15, 0.2) is 18.7 Å². The highest BCUT2D eigenvalue weighted by Crippen LogP contribution is 2.07. The predicted molar refractivity (Wildman–Crippen MR) is 46.9 cm³/mol. The number of rotatable bonds is 3. The largest absolute Gasteiger partial charge is 0.276 e. The second kappa shape index (κ2) is 4.04. The first-order valence-electron chi connectivity index (χ1n) is 4.25. The highest BCUT2D eigenvalue weighted by atomic mass is 16.2. The van der Waals surface area contributed by atoms with Crippen LogP contribution in [0.4, 0.5) is 0 Å². The summed E-state index contributed by atoms with van der Waals surface area (Å²) >= 11 is 0. The number of nitrogens with zero attached hydrogens (tertiary/aromatic N) is 2. The molecule has 66 valence electrons. The maximum absolute atomic E-state index is 11.4. The Morgan fingerprint density at radius 3 is 2.92 bits per heavy atom. The molecule has 1 rings (SSSR count). The van der Waals surface area contributed by atoms with Crippen LogP contribution in [-0.2, 0) is 0 Å². The molecule has 0 amide bonds. The summed E-state index contributed by atoms with van der Waals surface area (Å²) in [5, 5.41) is 0. The van der Waals surface area contributed by atoms with Gasteiger partial charge in [-0.2, -0.15) is 0 Å². The SMILES string of the molecule is CC[C@H](C)CC(=O)n1ccnc1. The lowest BCUT2D eigenvalue weighted by Crippen LogP contribution is -2.11. The predicted octanol–water partition coefficient (Wildman–Crippen LogP) is 1.96. The summed E-state index contributed by atoms with van der Waals surface area (Å²) < 4.78 is 1.53. The zero-order valence-electron chi connectivity index (χ0n) is 7.53. The Bertz CT molecular complexity index is 241. The van der Waals surface area contributed by atoms with Crippen molar-refractivity contribution in [2.75, 3.05) is 0 Å². The number of carbonyl (C=O) groups is 1. The van der Waals surface area contributed by atoms with E-state index < -0.39 is 0 Å². The molecule has 0 saturated carbocycles. The molecule has 0 unspecified atom stereocenters. The fourth-order valence-corrected chi connectivity index (χ4v) is 0.954. The summed E-state index contributed by atoms with van der Waals surface area (Å²) in [7, 11) is 0. The summed E-state index contributed by atoms with van der Waals surface area (Å²) in [5.41, 5.74) is 0. The molecule has 1 aromatic heterocycles. The second-order valence-corrected chi connectivity index (χ2v) is 3.08. The first-order chi connectivity index (χ1) is 5.74. The van der Waals surface area contributed by atoms with Crippen LogP contribution in [0, 0.1) is 5.92 Å². The van der Waals surface area contributed by atoms with Crippen LogP contribution in [0.25, 0.3) is 0 Å². The van der Waals surface area contributed by atoms with E-state index in [4.69, 9.17) is 0 Å². The zero-order chi connectivity index (χ0) is 8.97. The highest BCUT2D eigenvalue weighted by Gasteiger charge is 2.07. The fourth-order valence-electron chi connectivity index (χ4n) is 0.954. The number of aromatic nitrogens is 2. The average molecular weight is 166 g/mol. The van der Waals surface area contributed by atoms with Crippen LogP contribution in [0.5, 0.6) is 0 Å². The van der Waals surface area contributed by atoms with Gasteiger partial charge in [-0.3, -0.25) is 9.36 Å². The third-order valence-corrected chi connectivity index (χ3v) is 2.01. The van der Waals surface area contributed by atoms with Crippen molar-refractivity contribution in [1.82, 2.24) is 9.55 Å². The van der Waals surface area contributed by atoms with Crippen LogP contribution in [0.1, 0.15) is 31.5 Å². The molecule has 0 N–H and O–H groups in total. The fraction of sp³-hybridized carbons (Fsp3) is 0.556. The number of imidazole rings is 1. The Morgan fingerprint density at radius 1 is 1.67 bits per heavy atom. The maximum Gasteiger partial charge on any atom is 0.232 e. The van der Waals surface area contributed by atoms with Gasteiger partial charge >= 0.3 is 0 Å². The number of hydrogen-bond donors (Lipinski definition) is 0. The van der Waals surface area contributed by atoms with Crippen LogP contribution >= 0.6 is 0 Å². The van der Waals surface area contributed by atoms with E-state index in [-0.39, 0.29) is 5.91 Å². The van der Waals surface area contributed by atoms with Gasteiger partial charge in [0, 0.05) is 18.8 Å². The molecule has 0 aliphatic rings. The first kappa shape index (κ1) is 8.97. The molecular weight excluding hydrogens is 152 g/mol. The van der Waals surface area contributed by atoms with E-state index in [2.05, 4.69) is 18.8 Å². The molecule has 1 aromatic rings. The lowest BCUT2D eigenvalue weighted by atomic mass is 10.1. The summed E-state index contributed by atoms with van der Waals surface area (Å²) in [6, 6.07) is 0. The third kappa shape index (κ3) is 2.19. The summed E-state index contributed by atoms with van der Waals surface area (Å²) in [6.07, 6.45) is 6.50. The van der Waals surface area contributed by atoms with Crippen LogP contribution < -0.4 is 0 Å². The van der Waals surface area contributed by atoms with Gasteiger partial charge in [0.25, 0.3) is 0 Å². The highest BCUT2D eigenvalue weighted by molar-refractivity contribution is 5.78. The van der Waals surface area contributed by atoms with Crippen molar-refractivity contribution < 1.29 is 4.79 Å². The molecule has 1 heterocycles. The minimum absolute atomic E-state index is 0.127. The standard InChI is InChI=1S/C9H14N2O/c1-3-8(2)6-9(12)11-5-4-10-7-11/h4-5,7-8H,3,6H2,1-2H3/t8-/m0/s1. The van der Waals surface area contributed by atoms with Gasteiger partial charge in [0.2, 0.25) is 5.91 Å². The van der Waals surface area contributed by atoms with Crippen LogP contribution in [0.2, 0.25) is 0 Å². The van der Waals surface area contributed by atoms with E-state index >= 15 is 0 Å².